The average Bonchev–Trinajstić information content (AvgIpc) is 2.74. The van der Waals surface area contributed by atoms with E-state index in [0.29, 0.717) is 0 Å². The third kappa shape index (κ3) is 5.27. The average molecular weight is 186 g/mol. The van der Waals surface area contributed by atoms with Gasteiger partial charge in [-0.3, -0.25) is 0 Å². The first-order valence-corrected chi connectivity index (χ1v) is 5.66. The van der Waals surface area contributed by atoms with Crippen molar-refractivity contribution in [1.29, 1.82) is 0 Å². The zero-order chi connectivity index (χ0) is 9.36. The van der Waals surface area contributed by atoms with Crippen molar-refractivity contribution in [3.8, 4) is 0 Å². The quantitative estimate of drug-likeness (QED) is 0.681. The van der Waals surface area contributed by atoms with Gasteiger partial charge in [0.2, 0.25) is 0 Å². The molecule has 1 atom stereocenters. The Morgan fingerprint density at radius 1 is 0.923 bits per heavy atom. The van der Waals surface area contributed by atoms with Gasteiger partial charge >= 0.3 is 0 Å². The minimum absolute atomic E-state index is 0.153. The van der Waals surface area contributed by atoms with Crippen LogP contribution in [-0.2, 0) is 4.74 Å². The fourth-order valence-corrected chi connectivity index (χ4v) is 1.85. The summed E-state index contributed by atoms with van der Waals surface area (Å²) >= 11 is 0. The molecule has 0 spiro atoms. The fraction of sp³-hybridized carbons (Fsp3) is 1.00. The van der Waals surface area contributed by atoms with Gasteiger partial charge in [-0.25, -0.2) is 0 Å². The summed E-state index contributed by atoms with van der Waals surface area (Å²) in [6.45, 7) is 1.03. The summed E-state index contributed by atoms with van der Waals surface area (Å²) in [7, 11) is 0. The monoisotopic (exact) mass is 186 g/mol. The Balaban J connectivity index is 0.000000132. The molecule has 1 aliphatic heterocycles. The van der Waals surface area contributed by atoms with Crippen molar-refractivity contribution in [2.45, 2.75) is 57.5 Å². The molecule has 1 unspecified atom stereocenters. The molecule has 2 rings (SSSR count). The topological polar surface area (TPSA) is 29.5 Å². The lowest BCUT2D eigenvalue weighted by atomic mass is 10.0. The third-order valence-corrected chi connectivity index (χ3v) is 2.73. The lowest BCUT2D eigenvalue weighted by Gasteiger charge is -2.05. The van der Waals surface area contributed by atoms with Crippen LogP contribution in [0, 0.1) is 0 Å². The summed E-state index contributed by atoms with van der Waals surface area (Å²) < 4.78 is 5.05. The van der Waals surface area contributed by atoms with Crippen molar-refractivity contribution in [2.24, 2.45) is 0 Å². The van der Waals surface area contributed by atoms with Gasteiger partial charge in [-0.2, -0.15) is 0 Å². The van der Waals surface area contributed by atoms with Gasteiger partial charge in [0, 0.05) is 6.61 Å². The van der Waals surface area contributed by atoms with E-state index in [1.807, 2.05) is 0 Å². The van der Waals surface area contributed by atoms with E-state index in [4.69, 9.17) is 9.84 Å². The van der Waals surface area contributed by atoms with E-state index in [0.717, 1.165) is 19.4 Å². The van der Waals surface area contributed by atoms with Gasteiger partial charge in [0.25, 0.3) is 0 Å². The molecule has 1 saturated heterocycles. The summed E-state index contributed by atoms with van der Waals surface area (Å²) in [5.41, 5.74) is 0. The normalized spacial score (nSPS) is 27.9. The van der Waals surface area contributed by atoms with Gasteiger partial charge < -0.3 is 9.84 Å². The van der Waals surface area contributed by atoms with Gasteiger partial charge in [0.15, 0.2) is 0 Å². The molecule has 1 aliphatic carbocycles. The van der Waals surface area contributed by atoms with Gasteiger partial charge in [0.1, 0.15) is 0 Å². The highest BCUT2D eigenvalue weighted by Crippen LogP contribution is 2.15. The molecule has 2 aliphatic rings. The molecule has 0 aromatic rings. The highest BCUT2D eigenvalue weighted by molar-refractivity contribution is 4.61. The molecular formula is C11H22O2. The molecule has 0 amide bonds. The van der Waals surface area contributed by atoms with E-state index in [-0.39, 0.29) is 12.7 Å². The van der Waals surface area contributed by atoms with Gasteiger partial charge in [-0.15, -0.1) is 0 Å². The third-order valence-electron chi connectivity index (χ3n) is 2.73. The summed E-state index contributed by atoms with van der Waals surface area (Å²) in [5.74, 6) is 0. The van der Waals surface area contributed by atoms with Crippen LogP contribution in [0.3, 0.4) is 0 Å². The maximum absolute atomic E-state index is 8.44. The van der Waals surface area contributed by atoms with Crippen molar-refractivity contribution in [1.82, 2.24) is 0 Å². The molecule has 2 fully saturated rings. The van der Waals surface area contributed by atoms with Gasteiger partial charge in [-0.05, 0) is 12.8 Å². The lowest BCUT2D eigenvalue weighted by Crippen LogP contribution is -2.09. The molecule has 0 aromatic carbocycles. The predicted molar refractivity (Wildman–Crippen MR) is 53.8 cm³/mol. The van der Waals surface area contributed by atoms with Crippen LogP contribution in [0.25, 0.3) is 0 Å². The van der Waals surface area contributed by atoms with Crippen LogP contribution in [-0.4, -0.2) is 24.4 Å². The van der Waals surface area contributed by atoms with Crippen LogP contribution in [0.4, 0.5) is 0 Å². The second kappa shape index (κ2) is 7.34. The lowest BCUT2D eigenvalue weighted by molar-refractivity contribution is 0.0591. The summed E-state index contributed by atoms with van der Waals surface area (Å²) in [6, 6.07) is 0. The van der Waals surface area contributed by atoms with E-state index in [2.05, 4.69) is 0 Å². The highest BCUT2D eigenvalue weighted by Gasteiger charge is 2.12. The van der Waals surface area contributed by atoms with Crippen LogP contribution in [0.15, 0.2) is 0 Å². The van der Waals surface area contributed by atoms with Crippen molar-refractivity contribution in [3.05, 3.63) is 0 Å². The number of aliphatic hydroxyl groups is 1. The number of aliphatic hydroxyl groups excluding tert-OH is 1. The minimum Gasteiger partial charge on any atom is -0.394 e. The van der Waals surface area contributed by atoms with Gasteiger partial charge in [0.05, 0.1) is 12.7 Å². The zero-order valence-electron chi connectivity index (χ0n) is 8.50. The Labute approximate surface area is 81.3 Å². The van der Waals surface area contributed by atoms with Crippen molar-refractivity contribution in [2.75, 3.05) is 13.2 Å². The first-order valence-electron chi connectivity index (χ1n) is 5.66. The smallest absolute Gasteiger partial charge is 0.0806 e. The zero-order valence-corrected chi connectivity index (χ0v) is 8.50. The maximum atomic E-state index is 8.44. The molecule has 0 radical (unpaired) electrons. The van der Waals surface area contributed by atoms with Gasteiger partial charge in [-0.1, -0.05) is 38.5 Å². The van der Waals surface area contributed by atoms with Crippen molar-refractivity contribution in [3.63, 3.8) is 0 Å². The first-order chi connectivity index (χ1) is 6.43. The van der Waals surface area contributed by atoms with E-state index in [1.54, 1.807) is 0 Å². The van der Waals surface area contributed by atoms with Crippen molar-refractivity contribution < 1.29 is 9.84 Å². The summed E-state index contributed by atoms with van der Waals surface area (Å²) in [5, 5.41) is 8.44. The molecule has 1 saturated carbocycles. The Bertz CT molecular complexity index is 93.1. The molecule has 0 aromatic heterocycles. The number of hydrogen-bond acceptors (Lipinski definition) is 2. The molecule has 1 N–H and O–H groups in total. The molecule has 2 nitrogen and oxygen atoms in total. The molecular weight excluding hydrogens is 164 g/mol. The van der Waals surface area contributed by atoms with E-state index < -0.39 is 0 Å². The summed E-state index contributed by atoms with van der Waals surface area (Å²) in [4.78, 5) is 0. The van der Waals surface area contributed by atoms with E-state index in [1.165, 1.54) is 38.5 Å². The number of ether oxygens (including phenoxy) is 1. The minimum atomic E-state index is 0.153. The van der Waals surface area contributed by atoms with E-state index >= 15 is 0 Å². The molecule has 2 heteroatoms. The highest BCUT2D eigenvalue weighted by atomic mass is 16.5. The van der Waals surface area contributed by atoms with Crippen LogP contribution in [0.2, 0.25) is 0 Å². The largest absolute Gasteiger partial charge is 0.394 e. The SMILES string of the molecule is C1CCCCC1.OCC1CCCO1. The standard InChI is InChI=1S/C6H12.C5H10O2/c1-2-4-6-5-3-1;6-4-5-2-1-3-7-5/h1-6H2;5-6H,1-4H2. The van der Waals surface area contributed by atoms with Crippen molar-refractivity contribution >= 4 is 0 Å². The van der Waals surface area contributed by atoms with Crippen LogP contribution in [0.5, 0.6) is 0 Å². The Kier molecular flexibility index (Phi) is 6.21. The van der Waals surface area contributed by atoms with E-state index in [9.17, 15) is 0 Å². The second-order valence-corrected chi connectivity index (χ2v) is 3.94. The predicted octanol–water partition coefficient (Wildman–Crippen LogP) is 2.50. The molecule has 1 heterocycles. The fourth-order valence-electron chi connectivity index (χ4n) is 1.85. The summed E-state index contributed by atoms with van der Waals surface area (Å²) in [6.07, 6.45) is 11.3. The maximum Gasteiger partial charge on any atom is 0.0806 e. The second-order valence-electron chi connectivity index (χ2n) is 3.94. The van der Waals surface area contributed by atoms with Crippen LogP contribution >= 0.6 is 0 Å². The Morgan fingerprint density at radius 2 is 1.46 bits per heavy atom. The number of rotatable bonds is 1. The first kappa shape index (κ1) is 11.0. The molecule has 0 bridgehead atoms. The molecule has 78 valence electrons. The Morgan fingerprint density at radius 3 is 1.69 bits per heavy atom. The number of hydrogen-bond donors (Lipinski definition) is 1. The van der Waals surface area contributed by atoms with Crippen LogP contribution in [0.1, 0.15) is 51.4 Å². The Hall–Kier alpha value is -0.0800. The molecule has 13 heavy (non-hydrogen) atoms. The van der Waals surface area contributed by atoms with Crippen LogP contribution < -0.4 is 0 Å².